The molecule has 0 saturated carbocycles. The predicted octanol–water partition coefficient (Wildman–Crippen LogP) is 1.93. The third-order valence-electron chi connectivity index (χ3n) is 2.20. The first-order chi connectivity index (χ1) is 6.86. The van der Waals surface area contributed by atoms with Crippen molar-refractivity contribution in [2.24, 2.45) is 0 Å². The number of nitrogen functional groups attached to an aromatic ring is 1. The highest BCUT2D eigenvalue weighted by Gasteiger charge is 2.16. The Bertz CT molecular complexity index is 300. The van der Waals surface area contributed by atoms with E-state index in [-0.39, 0.29) is 0 Å². The van der Waals surface area contributed by atoms with E-state index in [0.29, 0.717) is 5.25 Å². The van der Waals surface area contributed by atoms with E-state index in [9.17, 15) is 0 Å². The summed E-state index contributed by atoms with van der Waals surface area (Å²) >= 11 is 1.73. The van der Waals surface area contributed by atoms with Crippen LogP contribution in [0, 0.1) is 0 Å². The molecule has 1 aliphatic rings. The molecule has 76 valence electrons. The minimum absolute atomic E-state index is 0.515. The average molecular weight is 210 g/mol. The second-order valence-corrected chi connectivity index (χ2v) is 4.64. The van der Waals surface area contributed by atoms with Crippen LogP contribution in [0.2, 0.25) is 0 Å². The fourth-order valence-corrected chi connectivity index (χ4v) is 2.55. The summed E-state index contributed by atoms with van der Waals surface area (Å²) in [7, 11) is 0. The SMILES string of the molecule is Nc1cccnc1SC1CCCOC1. The first-order valence-corrected chi connectivity index (χ1v) is 5.69. The highest BCUT2D eigenvalue weighted by Crippen LogP contribution is 2.30. The number of thioether (sulfide) groups is 1. The van der Waals surface area contributed by atoms with Gasteiger partial charge in [-0.25, -0.2) is 4.98 Å². The standard InChI is InChI=1S/C10H14N2OS/c11-9-4-1-5-12-10(9)14-8-3-2-6-13-7-8/h1,4-5,8H,2-3,6-7,11H2. The molecule has 0 bridgehead atoms. The molecular formula is C10H14N2OS. The third kappa shape index (κ3) is 2.39. The van der Waals surface area contributed by atoms with Gasteiger partial charge in [0, 0.05) is 18.1 Å². The largest absolute Gasteiger partial charge is 0.397 e. The van der Waals surface area contributed by atoms with Crippen LogP contribution in [0.4, 0.5) is 5.69 Å². The second kappa shape index (κ2) is 4.66. The summed E-state index contributed by atoms with van der Waals surface area (Å²) in [5, 5.41) is 1.45. The van der Waals surface area contributed by atoms with Crippen molar-refractivity contribution in [2.75, 3.05) is 18.9 Å². The van der Waals surface area contributed by atoms with Crippen molar-refractivity contribution in [1.29, 1.82) is 0 Å². The molecule has 0 aliphatic carbocycles. The number of nitrogens with two attached hydrogens (primary N) is 1. The smallest absolute Gasteiger partial charge is 0.119 e. The topological polar surface area (TPSA) is 48.1 Å². The lowest BCUT2D eigenvalue weighted by atomic mass is 10.2. The van der Waals surface area contributed by atoms with Gasteiger partial charge in [-0.05, 0) is 25.0 Å². The maximum atomic E-state index is 5.81. The van der Waals surface area contributed by atoms with E-state index >= 15 is 0 Å². The molecule has 0 radical (unpaired) electrons. The maximum absolute atomic E-state index is 5.81. The molecule has 14 heavy (non-hydrogen) atoms. The van der Waals surface area contributed by atoms with E-state index in [2.05, 4.69) is 4.98 Å². The molecule has 1 aromatic heterocycles. The summed E-state index contributed by atoms with van der Waals surface area (Å²) in [4.78, 5) is 4.25. The highest BCUT2D eigenvalue weighted by molar-refractivity contribution is 8.00. The van der Waals surface area contributed by atoms with Crippen LogP contribution in [0.5, 0.6) is 0 Å². The molecule has 0 amide bonds. The number of rotatable bonds is 2. The Morgan fingerprint density at radius 2 is 2.50 bits per heavy atom. The number of hydrogen-bond donors (Lipinski definition) is 1. The molecule has 0 aromatic carbocycles. The minimum atomic E-state index is 0.515. The van der Waals surface area contributed by atoms with Crippen LogP contribution in [-0.2, 0) is 4.74 Å². The average Bonchev–Trinajstić information content (AvgIpc) is 2.23. The van der Waals surface area contributed by atoms with E-state index in [1.807, 2.05) is 12.1 Å². The van der Waals surface area contributed by atoms with Crippen molar-refractivity contribution >= 4 is 17.4 Å². The molecule has 2 heterocycles. The zero-order chi connectivity index (χ0) is 9.80. The zero-order valence-corrected chi connectivity index (χ0v) is 8.80. The number of hydrogen-bond acceptors (Lipinski definition) is 4. The normalized spacial score (nSPS) is 22.1. The van der Waals surface area contributed by atoms with E-state index in [0.717, 1.165) is 30.3 Å². The molecular weight excluding hydrogens is 196 g/mol. The number of nitrogens with zero attached hydrogens (tertiary/aromatic N) is 1. The van der Waals surface area contributed by atoms with Gasteiger partial charge in [0.25, 0.3) is 0 Å². The number of pyridine rings is 1. The number of aromatic nitrogens is 1. The summed E-state index contributed by atoms with van der Waals surface area (Å²) in [5.41, 5.74) is 6.58. The molecule has 1 atom stereocenters. The summed E-state index contributed by atoms with van der Waals surface area (Å²) in [5.74, 6) is 0. The Hall–Kier alpha value is -0.740. The fraction of sp³-hybridized carbons (Fsp3) is 0.500. The van der Waals surface area contributed by atoms with Gasteiger partial charge in [-0.1, -0.05) is 11.8 Å². The predicted molar refractivity (Wildman–Crippen MR) is 58.3 cm³/mol. The fourth-order valence-electron chi connectivity index (χ4n) is 1.46. The maximum Gasteiger partial charge on any atom is 0.119 e. The molecule has 1 unspecified atom stereocenters. The van der Waals surface area contributed by atoms with Gasteiger partial charge in [0.15, 0.2) is 0 Å². The summed E-state index contributed by atoms with van der Waals surface area (Å²) in [6.07, 6.45) is 4.12. The first-order valence-electron chi connectivity index (χ1n) is 4.81. The van der Waals surface area contributed by atoms with Gasteiger partial charge in [-0.15, -0.1) is 0 Å². The van der Waals surface area contributed by atoms with Crippen molar-refractivity contribution in [3.8, 4) is 0 Å². The van der Waals surface area contributed by atoms with Crippen molar-refractivity contribution in [1.82, 2.24) is 4.98 Å². The van der Waals surface area contributed by atoms with Gasteiger partial charge >= 0.3 is 0 Å². The Morgan fingerprint density at radius 1 is 1.57 bits per heavy atom. The van der Waals surface area contributed by atoms with E-state index < -0.39 is 0 Å². The summed E-state index contributed by atoms with van der Waals surface area (Å²) < 4.78 is 5.40. The van der Waals surface area contributed by atoms with Gasteiger partial charge in [-0.3, -0.25) is 0 Å². The highest BCUT2D eigenvalue weighted by atomic mass is 32.2. The van der Waals surface area contributed by atoms with Crippen molar-refractivity contribution in [3.63, 3.8) is 0 Å². The van der Waals surface area contributed by atoms with E-state index in [1.165, 1.54) is 6.42 Å². The van der Waals surface area contributed by atoms with Crippen LogP contribution in [0.25, 0.3) is 0 Å². The van der Waals surface area contributed by atoms with Gasteiger partial charge in [0.2, 0.25) is 0 Å². The molecule has 1 saturated heterocycles. The van der Waals surface area contributed by atoms with Gasteiger partial charge < -0.3 is 10.5 Å². The monoisotopic (exact) mass is 210 g/mol. The lowest BCUT2D eigenvalue weighted by molar-refractivity contribution is 0.101. The molecule has 1 aliphatic heterocycles. The Labute approximate surface area is 88.0 Å². The van der Waals surface area contributed by atoms with Crippen molar-refractivity contribution in [3.05, 3.63) is 18.3 Å². The first kappa shape index (κ1) is 9.80. The Kier molecular flexibility index (Phi) is 3.26. The quantitative estimate of drug-likeness (QED) is 0.810. The molecule has 3 nitrogen and oxygen atoms in total. The van der Waals surface area contributed by atoms with Gasteiger partial charge in [0.1, 0.15) is 5.03 Å². The van der Waals surface area contributed by atoms with Crippen LogP contribution in [0.3, 0.4) is 0 Å². The zero-order valence-electron chi connectivity index (χ0n) is 7.98. The minimum Gasteiger partial charge on any atom is -0.397 e. The van der Waals surface area contributed by atoms with Gasteiger partial charge in [0.05, 0.1) is 12.3 Å². The van der Waals surface area contributed by atoms with Gasteiger partial charge in [-0.2, -0.15) is 0 Å². The molecule has 2 N–H and O–H groups in total. The lowest BCUT2D eigenvalue weighted by Crippen LogP contribution is -2.19. The number of anilines is 1. The molecule has 1 fully saturated rings. The van der Waals surface area contributed by atoms with E-state index in [4.69, 9.17) is 10.5 Å². The van der Waals surface area contributed by atoms with Crippen LogP contribution >= 0.6 is 11.8 Å². The molecule has 1 aromatic rings. The Balaban J connectivity index is 1.99. The second-order valence-electron chi connectivity index (χ2n) is 3.35. The van der Waals surface area contributed by atoms with Crippen LogP contribution in [0.15, 0.2) is 23.4 Å². The number of ether oxygens (including phenoxy) is 1. The van der Waals surface area contributed by atoms with E-state index in [1.54, 1.807) is 18.0 Å². The Morgan fingerprint density at radius 3 is 3.21 bits per heavy atom. The van der Waals surface area contributed by atoms with Crippen molar-refractivity contribution in [2.45, 2.75) is 23.1 Å². The van der Waals surface area contributed by atoms with Crippen LogP contribution in [-0.4, -0.2) is 23.4 Å². The lowest BCUT2D eigenvalue weighted by Gasteiger charge is -2.21. The van der Waals surface area contributed by atoms with Crippen molar-refractivity contribution < 1.29 is 4.74 Å². The molecule has 0 spiro atoms. The summed E-state index contributed by atoms with van der Waals surface area (Å²) in [6.45, 7) is 1.72. The molecule has 2 rings (SSSR count). The third-order valence-corrected chi connectivity index (χ3v) is 3.47. The summed E-state index contributed by atoms with van der Waals surface area (Å²) in [6, 6.07) is 3.75. The van der Waals surface area contributed by atoms with Crippen LogP contribution in [0.1, 0.15) is 12.8 Å². The van der Waals surface area contributed by atoms with Crippen LogP contribution < -0.4 is 5.73 Å². The molecule has 4 heteroatoms.